The number of morpholine rings is 1. The summed E-state index contributed by atoms with van der Waals surface area (Å²) in [6.07, 6.45) is 0.777. The van der Waals surface area contributed by atoms with Crippen LogP contribution >= 0.6 is 0 Å². The fraction of sp³-hybridized carbons (Fsp3) is 0.458. The maximum absolute atomic E-state index is 13.6. The summed E-state index contributed by atoms with van der Waals surface area (Å²) in [5.74, 6) is 1.09. The molecule has 0 saturated carbocycles. The highest BCUT2D eigenvalue weighted by atomic mass is 16.5. The van der Waals surface area contributed by atoms with E-state index >= 15 is 0 Å². The lowest BCUT2D eigenvalue weighted by atomic mass is 9.82. The van der Waals surface area contributed by atoms with Gasteiger partial charge >= 0.3 is 0 Å². The number of methoxy groups -OCH3 is 1. The van der Waals surface area contributed by atoms with Crippen molar-refractivity contribution in [1.82, 2.24) is 4.90 Å². The van der Waals surface area contributed by atoms with E-state index in [1.54, 1.807) is 7.11 Å². The van der Waals surface area contributed by atoms with Crippen LogP contribution in [0.2, 0.25) is 0 Å². The van der Waals surface area contributed by atoms with E-state index in [2.05, 4.69) is 46.2 Å². The molecule has 2 fully saturated rings. The molecule has 0 aromatic heterocycles. The Morgan fingerprint density at radius 3 is 2.60 bits per heavy atom. The van der Waals surface area contributed by atoms with Gasteiger partial charge in [0.25, 0.3) is 0 Å². The third-order valence-corrected chi connectivity index (χ3v) is 6.69. The molecule has 158 valence electrons. The summed E-state index contributed by atoms with van der Waals surface area (Å²) in [6.45, 7) is 5.34. The van der Waals surface area contributed by atoms with Crippen molar-refractivity contribution < 1.29 is 14.3 Å². The molecule has 3 heterocycles. The van der Waals surface area contributed by atoms with Crippen LogP contribution in [0.15, 0.2) is 48.5 Å². The molecule has 6 nitrogen and oxygen atoms in total. The van der Waals surface area contributed by atoms with Gasteiger partial charge in [0.15, 0.2) is 0 Å². The minimum Gasteiger partial charge on any atom is -0.497 e. The van der Waals surface area contributed by atoms with Crippen LogP contribution in [-0.4, -0.2) is 69.9 Å². The van der Waals surface area contributed by atoms with Crippen molar-refractivity contribution in [3.63, 3.8) is 0 Å². The number of piperazine rings is 1. The molecule has 0 N–H and O–H groups in total. The van der Waals surface area contributed by atoms with E-state index in [0.717, 1.165) is 31.8 Å². The number of anilines is 2. The third-order valence-electron chi connectivity index (χ3n) is 6.69. The van der Waals surface area contributed by atoms with E-state index in [0.29, 0.717) is 26.3 Å². The first-order chi connectivity index (χ1) is 14.7. The molecule has 2 aromatic carbocycles. The van der Waals surface area contributed by atoms with Gasteiger partial charge in [-0.3, -0.25) is 4.79 Å². The van der Waals surface area contributed by atoms with E-state index in [9.17, 15) is 4.79 Å². The van der Waals surface area contributed by atoms with Gasteiger partial charge in [-0.2, -0.15) is 0 Å². The average Bonchev–Trinajstić information content (AvgIpc) is 2.83. The van der Waals surface area contributed by atoms with Crippen molar-refractivity contribution in [1.29, 1.82) is 0 Å². The van der Waals surface area contributed by atoms with Crippen LogP contribution in [0.1, 0.15) is 5.56 Å². The zero-order chi connectivity index (χ0) is 20.5. The van der Waals surface area contributed by atoms with Gasteiger partial charge < -0.3 is 24.2 Å². The minimum atomic E-state index is -0.0458. The predicted molar refractivity (Wildman–Crippen MR) is 117 cm³/mol. The molecule has 0 spiro atoms. The van der Waals surface area contributed by atoms with E-state index < -0.39 is 0 Å². The highest BCUT2D eigenvalue weighted by molar-refractivity contribution is 5.83. The van der Waals surface area contributed by atoms with Gasteiger partial charge in [-0.1, -0.05) is 24.3 Å². The largest absolute Gasteiger partial charge is 0.497 e. The lowest BCUT2D eigenvalue weighted by molar-refractivity contribution is -0.140. The Kier molecular flexibility index (Phi) is 5.25. The zero-order valence-electron chi connectivity index (χ0n) is 17.5. The SMILES string of the molecule is COc1ccc2c(c1)N1CCN(c3ccccc3)C[C@H]1[C@H](C(=O)N1CCOCC1)C2. The Morgan fingerprint density at radius 1 is 1.03 bits per heavy atom. The van der Waals surface area contributed by atoms with E-state index in [4.69, 9.17) is 9.47 Å². The van der Waals surface area contributed by atoms with Gasteiger partial charge in [-0.05, 0) is 30.2 Å². The summed E-state index contributed by atoms with van der Waals surface area (Å²) in [5, 5.41) is 0. The van der Waals surface area contributed by atoms with Crippen LogP contribution in [0.5, 0.6) is 5.75 Å². The molecule has 0 radical (unpaired) electrons. The number of carbonyl (C=O) groups excluding carboxylic acids is 1. The van der Waals surface area contributed by atoms with Gasteiger partial charge in [0.2, 0.25) is 5.91 Å². The second-order valence-electron chi connectivity index (χ2n) is 8.29. The van der Waals surface area contributed by atoms with Crippen molar-refractivity contribution >= 4 is 17.3 Å². The minimum absolute atomic E-state index is 0.0458. The van der Waals surface area contributed by atoms with E-state index in [1.807, 2.05) is 17.0 Å². The fourth-order valence-corrected chi connectivity index (χ4v) is 5.08. The van der Waals surface area contributed by atoms with Crippen LogP contribution in [-0.2, 0) is 16.0 Å². The second kappa shape index (κ2) is 8.19. The number of carbonyl (C=O) groups is 1. The fourth-order valence-electron chi connectivity index (χ4n) is 5.08. The summed E-state index contributed by atoms with van der Waals surface area (Å²) >= 11 is 0. The lowest BCUT2D eigenvalue weighted by Crippen LogP contribution is -2.62. The molecule has 0 bridgehead atoms. The predicted octanol–water partition coefficient (Wildman–Crippen LogP) is 2.42. The Labute approximate surface area is 178 Å². The summed E-state index contributed by atoms with van der Waals surface area (Å²) in [7, 11) is 1.71. The molecule has 0 unspecified atom stereocenters. The normalized spacial score (nSPS) is 23.6. The summed E-state index contributed by atoms with van der Waals surface area (Å²) in [5.41, 5.74) is 3.69. The Balaban J connectivity index is 1.48. The van der Waals surface area contributed by atoms with Crippen molar-refractivity contribution in [3.8, 4) is 5.75 Å². The van der Waals surface area contributed by atoms with Gasteiger partial charge in [0, 0.05) is 50.2 Å². The van der Waals surface area contributed by atoms with Crippen molar-refractivity contribution in [2.24, 2.45) is 5.92 Å². The number of rotatable bonds is 3. The molecule has 2 saturated heterocycles. The van der Waals surface area contributed by atoms with Gasteiger partial charge in [-0.15, -0.1) is 0 Å². The topological polar surface area (TPSA) is 45.2 Å². The molecule has 5 rings (SSSR count). The number of benzene rings is 2. The average molecular weight is 408 g/mol. The van der Waals surface area contributed by atoms with Crippen LogP contribution in [0.4, 0.5) is 11.4 Å². The summed E-state index contributed by atoms with van der Waals surface area (Å²) in [6, 6.07) is 17.0. The maximum atomic E-state index is 13.6. The van der Waals surface area contributed by atoms with Gasteiger partial charge in [0.05, 0.1) is 32.3 Å². The highest BCUT2D eigenvalue weighted by Crippen LogP contribution is 2.39. The molecule has 6 heteroatoms. The number of fused-ring (bicyclic) bond motifs is 3. The molecule has 1 amide bonds. The van der Waals surface area contributed by atoms with E-state index in [1.165, 1.54) is 16.9 Å². The van der Waals surface area contributed by atoms with Crippen LogP contribution in [0, 0.1) is 5.92 Å². The van der Waals surface area contributed by atoms with Crippen LogP contribution in [0.25, 0.3) is 0 Å². The molecular formula is C24H29N3O3. The third kappa shape index (κ3) is 3.49. The Morgan fingerprint density at radius 2 is 1.83 bits per heavy atom. The zero-order valence-corrected chi connectivity index (χ0v) is 17.5. The number of ether oxygens (including phenoxy) is 2. The van der Waals surface area contributed by atoms with Crippen LogP contribution < -0.4 is 14.5 Å². The quantitative estimate of drug-likeness (QED) is 0.782. The molecule has 2 aromatic rings. The molecule has 30 heavy (non-hydrogen) atoms. The molecule has 2 atom stereocenters. The van der Waals surface area contributed by atoms with Crippen LogP contribution in [0.3, 0.4) is 0 Å². The molecule has 0 aliphatic carbocycles. The lowest BCUT2D eigenvalue weighted by Gasteiger charge is -2.50. The Hall–Kier alpha value is -2.73. The van der Waals surface area contributed by atoms with Gasteiger partial charge in [0.1, 0.15) is 5.75 Å². The van der Waals surface area contributed by atoms with Crippen molar-refractivity contribution in [2.75, 3.05) is 62.8 Å². The first-order valence-electron chi connectivity index (χ1n) is 10.8. The number of hydrogen-bond donors (Lipinski definition) is 0. The summed E-state index contributed by atoms with van der Waals surface area (Å²) in [4.78, 5) is 20.5. The van der Waals surface area contributed by atoms with E-state index in [-0.39, 0.29) is 17.9 Å². The number of para-hydroxylation sites is 1. The van der Waals surface area contributed by atoms with Crippen molar-refractivity contribution in [2.45, 2.75) is 12.5 Å². The number of hydrogen-bond acceptors (Lipinski definition) is 5. The monoisotopic (exact) mass is 407 g/mol. The Bertz CT molecular complexity index is 898. The number of amides is 1. The standard InChI is InChI=1S/C24H29N3O3/c1-29-20-8-7-18-15-21(24(28)25-11-13-30-14-12-25)23-17-26(19-5-3-2-4-6-19)9-10-27(23)22(18)16-20/h2-8,16,21,23H,9-15,17H2,1H3/t21-,23+/m1/s1. The van der Waals surface area contributed by atoms with Gasteiger partial charge in [-0.25, -0.2) is 0 Å². The maximum Gasteiger partial charge on any atom is 0.228 e. The first kappa shape index (κ1) is 19.2. The first-order valence-corrected chi connectivity index (χ1v) is 10.8. The highest BCUT2D eigenvalue weighted by Gasteiger charge is 2.43. The molecular weight excluding hydrogens is 378 g/mol. The van der Waals surface area contributed by atoms with Crippen molar-refractivity contribution in [3.05, 3.63) is 54.1 Å². The molecule has 3 aliphatic rings. The second-order valence-corrected chi connectivity index (χ2v) is 8.29. The summed E-state index contributed by atoms with van der Waals surface area (Å²) < 4.78 is 11.0. The molecule has 3 aliphatic heterocycles. The smallest absolute Gasteiger partial charge is 0.228 e. The number of nitrogens with zero attached hydrogens (tertiary/aromatic N) is 3.